The first-order valence-corrected chi connectivity index (χ1v) is 8.86. The number of ether oxygens (including phenoxy) is 2. The Morgan fingerprint density at radius 2 is 1.88 bits per heavy atom. The Balaban J connectivity index is 0.00000243. The van der Waals surface area contributed by atoms with Crippen molar-refractivity contribution in [1.29, 1.82) is 0 Å². The fourth-order valence-electron chi connectivity index (χ4n) is 3.40. The minimum absolute atomic E-state index is 0. The largest absolute Gasteiger partial charge is 0.384 e. The molecular weight excluding hydrogens is 447 g/mol. The minimum Gasteiger partial charge on any atom is -0.384 e. The Kier molecular flexibility index (Phi) is 8.29. The van der Waals surface area contributed by atoms with E-state index in [-0.39, 0.29) is 29.4 Å². The topological polar surface area (TPSA) is 89.1 Å². The molecular formula is C17H29IN6O2. The van der Waals surface area contributed by atoms with E-state index in [1.54, 1.807) is 19.5 Å². The number of nitrogens with zero attached hydrogens (tertiary/aromatic N) is 5. The van der Waals surface area contributed by atoms with Gasteiger partial charge >= 0.3 is 0 Å². The molecule has 2 saturated heterocycles. The van der Waals surface area contributed by atoms with Crippen LogP contribution in [-0.2, 0) is 9.47 Å². The number of piperazine rings is 1. The zero-order valence-corrected chi connectivity index (χ0v) is 17.7. The van der Waals surface area contributed by atoms with Gasteiger partial charge in [0.2, 0.25) is 5.95 Å². The number of aromatic nitrogens is 2. The summed E-state index contributed by atoms with van der Waals surface area (Å²) in [5.41, 5.74) is 6.31. The highest BCUT2D eigenvalue weighted by Crippen LogP contribution is 2.31. The second-order valence-electron chi connectivity index (χ2n) is 6.74. The zero-order valence-electron chi connectivity index (χ0n) is 15.3. The average molecular weight is 476 g/mol. The highest BCUT2D eigenvalue weighted by atomic mass is 127. The van der Waals surface area contributed by atoms with Gasteiger partial charge in [-0.25, -0.2) is 9.97 Å². The molecule has 1 aromatic rings. The van der Waals surface area contributed by atoms with Crippen LogP contribution in [0.2, 0.25) is 0 Å². The van der Waals surface area contributed by atoms with Gasteiger partial charge in [0.15, 0.2) is 5.96 Å². The Morgan fingerprint density at radius 1 is 1.23 bits per heavy atom. The molecule has 3 rings (SSSR count). The van der Waals surface area contributed by atoms with E-state index in [4.69, 9.17) is 20.2 Å². The van der Waals surface area contributed by atoms with Gasteiger partial charge in [-0.1, -0.05) is 0 Å². The van der Waals surface area contributed by atoms with Crippen molar-refractivity contribution in [2.45, 2.75) is 12.8 Å². The van der Waals surface area contributed by atoms with E-state index < -0.39 is 0 Å². The van der Waals surface area contributed by atoms with Crippen LogP contribution in [0.15, 0.2) is 23.5 Å². The van der Waals surface area contributed by atoms with Crippen LogP contribution < -0.4 is 10.6 Å². The molecule has 0 radical (unpaired) electrons. The first-order valence-electron chi connectivity index (χ1n) is 8.86. The number of hydrogen-bond acceptors (Lipinski definition) is 6. The number of rotatable bonds is 5. The highest BCUT2D eigenvalue weighted by Gasteiger charge is 2.33. The van der Waals surface area contributed by atoms with Crippen molar-refractivity contribution in [3.8, 4) is 0 Å². The van der Waals surface area contributed by atoms with Gasteiger partial charge in [-0.15, -0.1) is 24.0 Å². The fourth-order valence-corrected chi connectivity index (χ4v) is 3.40. The van der Waals surface area contributed by atoms with Crippen LogP contribution in [-0.4, -0.2) is 80.5 Å². The average Bonchev–Trinajstić information content (AvgIpc) is 2.68. The van der Waals surface area contributed by atoms with E-state index in [9.17, 15) is 0 Å². The molecule has 0 atom stereocenters. The summed E-state index contributed by atoms with van der Waals surface area (Å²) in [5.74, 6) is 1.40. The monoisotopic (exact) mass is 476 g/mol. The maximum atomic E-state index is 6.26. The van der Waals surface area contributed by atoms with Crippen LogP contribution in [0.4, 0.5) is 5.95 Å². The number of guanidine groups is 1. The number of anilines is 1. The Hall–Kier alpha value is -1.20. The molecule has 9 heteroatoms. The van der Waals surface area contributed by atoms with Crippen LogP contribution in [0.5, 0.6) is 0 Å². The Labute approximate surface area is 172 Å². The molecule has 26 heavy (non-hydrogen) atoms. The third-order valence-corrected chi connectivity index (χ3v) is 5.02. The maximum absolute atomic E-state index is 6.26. The smallest absolute Gasteiger partial charge is 0.225 e. The van der Waals surface area contributed by atoms with E-state index in [2.05, 4.69) is 19.8 Å². The van der Waals surface area contributed by atoms with Crippen LogP contribution in [0.3, 0.4) is 0 Å². The lowest BCUT2D eigenvalue weighted by Crippen LogP contribution is -2.52. The summed E-state index contributed by atoms with van der Waals surface area (Å²) in [6.07, 6.45) is 5.48. The summed E-state index contributed by atoms with van der Waals surface area (Å²) < 4.78 is 10.9. The van der Waals surface area contributed by atoms with Gasteiger partial charge < -0.3 is 25.0 Å². The summed E-state index contributed by atoms with van der Waals surface area (Å²) >= 11 is 0. The van der Waals surface area contributed by atoms with Crippen LogP contribution >= 0.6 is 24.0 Å². The van der Waals surface area contributed by atoms with Gasteiger partial charge in [-0.3, -0.25) is 4.99 Å². The normalized spacial score (nSPS) is 20.6. The number of aliphatic imine (C=N–C) groups is 1. The van der Waals surface area contributed by atoms with Crippen molar-refractivity contribution < 1.29 is 9.47 Å². The molecule has 2 fully saturated rings. The first kappa shape index (κ1) is 21.1. The van der Waals surface area contributed by atoms with Gasteiger partial charge in [0.05, 0.1) is 13.2 Å². The lowest BCUT2D eigenvalue weighted by atomic mass is 9.81. The fraction of sp³-hybridized carbons (Fsp3) is 0.706. The molecule has 0 bridgehead atoms. The molecule has 0 spiro atoms. The van der Waals surface area contributed by atoms with Crippen molar-refractivity contribution in [2.24, 2.45) is 16.1 Å². The maximum Gasteiger partial charge on any atom is 0.225 e. The standard InChI is InChI=1S/C17H28N6O2.HI/c1-24-14-17(3-11-25-12-4-17)13-21-15(18)22-7-9-23(10-8-22)16-19-5-2-6-20-16;/h2,5-6H,3-4,7-14H2,1H3,(H2,18,21);1H. The van der Waals surface area contributed by atoms with Gasteiger partial charge in [-0.2, -0.15) is 0 Å². The molecule has 146 valence electrons. The van der Waals surface area contributed by atoms with E-state index in [0.717, 1.165) is 58.2 Å². The molecule has 3 heterocycles. The summed E-state index contributed by atoms with van der Waals surface area (Å²) in [6, 6.07) is 1.83. The summed E-state index contributed by atoms with van der Waals surface area (Å²) in [7, 11) is 1.75. The lowest BCUT2D eigenvalue weighted by molar-refractivity contribution is -0.0224. The predicted molar refractivity (Wildman–Crippen MR) is 112 cm³/mol. The number of hydrogen-bond donors (Lipinski definition) is 1. The van der Waals surface area contributed by atoms with Crippen LogP contribution in [0.1, 0.15) is 12.8 Å². The molecule has 1 aromatic heterocycles. The molecule has 0 aliphatic carbocycles. The van der Waals surface area contributed by atoms with Gasteiger partial charge in [-0.05, 0) is 18.9 Å². The van der Waals surface area contributed by atoms with Crippen LogP contribution in [0.25, 0.3) is 0 Å². The molecule has 0 aromatic carbocycles. The van der Waals surface area contributed by atoms with E-state index in [1.165, 1.54) is 0 Å². The van der Waals surface area contributed by atoms with Crippen molar-refractivity contribution >= 4 is 35.9 Å². The van der Waals surface area contributed by atoms with Crippen molar-refractivity contribution in [3.05, 3.63) is 18.5 Å². The number of halogens is 1. The third-order valence-electron chi connectivity index (χ3n) is 5.02. The van der Waals surface area contributed by atoms with Gasteiger partial charge in [0, 0.05) is 64.3 Å². The molecule has 0 saturated carbocycles. The number of methoxy groups -OCH3 is 1. The first-order chi connectivity index (χ1) is 12.2. The minimum atomic E-state index is 0. The van der Waals surface area contributed by atoms with Crippen LogP contribution in [0, 0.1) is 5.41 Å². The molecule has 2 N–H and O–H groups in total. The molecule has 0 amide bonds. The Morgan fingerprint density at radius 3 is 2.50 bits per heavy atom. The molecule has 2 aliphatic rings. The Bertz CT molecular complexity index is 554. The van der Waals surface area contributed by atoms with E-state index in [1.807, 2.05) is 6.07 Å². The van der Waals surface area contributed by atoms with E-state index >= 15 is 0 Å². The quantitative estimate of drug-likeness (QED) is 0.385. The highest BCUT2D eigenvalue weighted by molar-refractivity contribution is 14.0. The van der Waals surface area contributed by atoms with Crippen molar-refractivity contribution in [2.75, 3.05) is 64.6 Å². The molecule has 0 unspecified atom stereocenters. The van der Waals surface area contributed by atoms with Gasteiger partial charge in [0.1, 0.15) is 0 Å². The second kappa shape index (κ2) is 10.2. The lowest BCUT2D eigenvalue weighted by Gasteiger charge is -2.37. The summed E-state index contributed by atoms with van der Waals surface area (Å²) in [4.78, 5) is 17.6. The molecule has 2 aliphatic heterocycles. The SMILES string of the molecule is COCC1(CN=C(N)N2CCN(c3ncccn3)CC2)CCOCC1.I. The number of nitrogens with two attached hydrogens (primary N) is 1. The zero-order chi connectivity index (χ0) is 17.5. The second-order valence-corrected chi connectivity index (χ2v) is 6.74. The van der Waals surface area contributed by atoms with Crippen molar-refractivity contribution in [1.82, 2.24) is 14.9 Å². The third kappa shape index (κ3) is 5.40. The van der Waals surface area contributed by atoms with E-state index in [0.29, 0.717) is 19.1 Å². The molecule has 8 nitrogen and oxygen atoms in total. The summed E-state index contributed by atoms with van der Waals surface area (Å²) in [5, 5.41) is 0. The van der Waals surface area contributed by atoms with Gasteiger partial charge in [0.25, 0.3) is 0 Å². The summed E-state index contributed by atoms with van der Waals surface area (Å²) in [6.45, 7) is 6.28. The van der Waals surface area contributed by atoms with Crippen molar-refractivity contribution in [3.63, 3.8) is 0 Å². The predicted octanol–water partition coefficient (Wildman–Crippen LogP) is 0.974.